The summed E-state index contributed by atoms with van der Waals surface area (Å²) in [5.74, 6) is 1.07. The number of ether oxygens (including phenoxy) is 2. The summed E-state index contributed by atoms with van der Waals surface area (Å²) in [4.78, 5) is 14.7. The molecule has 0 radical (unpaired) electrons. The number of fused-ring (bicyclic) bond motifs is 1. The van der Waals surface area contributed by atoms with E-state index in [0.717, 1.165) is 18.5 Å². The monoisotopic (exact) mass is 378 g/mol. The van der Waals surface area contributed by atoms with E-state index in [9.17, 15) is 9.18 Å². The largest absolute Gasteiger partial charge is 0.454 e. The van der Waals surface area contributed by atoms with Crippen LogP contribution in [-0.4, -0.2) is 25.8 Å². The highest BCUT2D eigenvalue weighted by atomic mass is 35.5. The number of rotatable bonds is 4. The molecule has 1 unspecified atom stereocenters. The zero-order valence-electron chi connectivity index (χ0n) is 14.1. The number of benzene rings is 2. The first-order valence-electron chi connectivity index (χ1n) is 8.37. The van der Waals surface area contributed by atoms with Crippen LogP contribution in [0.4, 0.5) is 10.1 Å². The molecular formula is C19H20ClFN2O3. The number of nitrogens with one attached hydrogen (secondary N) is 1. The van der Waals surface area contributed by atoms with E-state index in [2.05, 4.69) is 5.32 Å². The van der Waals surface area contributed by atoms with Gasteiger partial charge in [0.2, 0.25) is 12.7 Å². The van der Waals surface area contributed by atoms with Crippen LogP contribution in [0, 0.1) is 11.7 Å². The second kappa shape index (κ2) is 7.93. The Morgan fingerprint density at radius 1 is 1.15 bits per heavy atom. The maximum Gasteiger partial charge on any atom is 0.231 e. The van der Waals surface area contributed by atoms with E-state index < -0.39 is 0 Å². The lowest BCUT2D eigenvalue weighted by molar-refractivity contribution is -0.122. The van der Waals surface area contributed by atoms with E-state index in [1.54, 1.807) is 17.0 Å². The number of nitrogens with zero attached hydrogens (tertiary/aromatic N) is 1. The van der Waals surface area contributed by atoms with Gasteiger partial charge in [0.25, 0.3) is 0 Å². The number of halogens is 2. The van der Waals surface area contributed by atoms with Crippen molar-refractivity contribution in [2.24, 2.45) is 5.92 Å². The van der Waals surface area contributed by atoms with Crippen LogP contribution in [0.5, 0.6) is 11.5 Å². The van der Waals surface area contributed by atoms with E-state index in [-0.39, 0.29) is 36.8 Å². The molecule has 4 rings (SSSR count). The number of anilines is 1. The highest BCUT2D eigenvalue weighted by molar-refractivity contribution is 5.95. The molecule has 0 aromatic heterocycles. The molecule has 1 fully saturated rings. The van der Waals surface area contributed by atoms with Gasteiger partial charge in [0.05, 0.1) is 12.5 Å². The summed E-state index contributed by atoms with van der Waals surface area (Å²) in [5.41, 5.74) is 1.63. The minimum Gasteiger partial charge on any atom is -0.454 e. The van der Waals surface area contributed by atoms with Crippen molar-refractivity contribution in [2.45, 2.75) is 13.0 Å². The van der Waals surface area contributed by atoms with Crippen LogP contribution in [-0.2, 0) is 11.3 Å². The molecular weight excluding hydrogens is 359 g/mol. The van der Waals surface area contributed by atoms with E-state index >= 15 is 0 Å². The van der Waals surface area contributed by atoms with Crippen molar-refractivity contribution in [3.05, 3.63) is 53.8 Å². The smallest absolute Gasteiger partial charge is 0.231 e. The van der Waals surface area contributed by atoms with Crippen molar-refractivity contribution in [2.75, 3.05) is 24.8 Å². The molecule has 0 saturated carbocycles. The predicted molar refractivity (Wildman–Crippen MR) is 98.4 cm³/mol. The second-order valence-corrected chi connectivity index (χ2v) is 6.28. The van der Waals surface area contributed by atoms with E-state index in [1.807, 2.05) is 18.2 Å². The Morgan fingerprint density at radius 2 is 1.92 bits per heavy atom. The summed E-state index contributed by atoms with van der Waals surface area (Å²) in [6.45, 7) is 2.14. The van der Waals surface area contributed by atoms with Gasteiger partial charge in [-0.25, -0.2) is 4.39 Å². The molecule has 26 heavy (non-hydrogen) atoms. The quantitative estimate of drug-likeness (QED) is 0.888. The van der Waals surface area contributed by atoms with Gasteiger partial charge in [0.15, 0.2) is 11.5 Å². The Bertz CT molecular complexity index is 779. The fourth-order valence-electron chi connectivity index (χ4n) is 3.23. The van der Waals surface area contributed by atoms with Crippen molar-refractivity contribution in [1.82, 2.24) is 5.32 Å². The Hall–Kier alpha value is -2.31. The lowest BCUT2D eigenvalue weighted by Gasteiger charge is -2.26. The molecule has 138 valence electrons. The van der Waals surface area contributed by atoms with Crippen LogP contribution in [0.25, 0.3) is 0 Å². The summed E-state index contributed by atoms with van der Waals surface area (Å²) < 4.78 is 24.0. The Labute approximate surface area is 157 Å². The lowest BCUT2D eigenvalue weighted by Crippen LogP contribution is -2.36. The molecule has 1 amide bonds. The average molecular weight is 379 g/mol. The normalized spacial score (nSPS) is 17.7. The summed E-state index contributed by atoms with van der Waals surface area (Å²) in [5, 5.41) is 3.22. The Balaban J connectivity index is 0.00000196. The molecule has 1 saturated heterocycles. The Kier molecular flexibility index (Phi) is 5.64. The molecule has 1 N–H and O–H groups in total. The number of carbonyl (C=O) groups is 1. The van der Waals surface area contributed by atoms with Crippen molar-refractivity contribution in [1.29, 1.82) is 0 Å². The van der Waals surface area contributed by atoms with Gasteiger partial charge in [-0.2, -0.15) is 0 Å². The standard InChI is InChI=1S/C19H19FN2O3.ClH/c20-15-2-4-16(5-3-15)22(19(23)14-7-8-21-10-14)11-13-1-6-17-18(9-13)25-12-24-17;/h1-6,9,14,21H,7-8,10-12H2;1H. The minimum absolute atomic E-state index is 0. The van der Waals surface area contributed by atoms with E-state index in [0.29, 0.717) is 30.3 Å². The molecule has 1 atom stereocenters. The van der Waals surface area contributed by atoms with Crippen LogP contribution in [0.15, 0.2) is 42.5 Å². The molecule has 0 aliphatic carbocycles. The van der Waals surface area contributed by atoms with Crippen molar-refractivity contribution in [3.63, 3.8) is 0 Å². The first-order valence-corrected chi connectivity index (χ1v) is 8.37. The molecule has 0 bridgehead atoms. The zero-order valence-corrected chi connectivity index (χ0v) is 14.9. The highest BCUT2D eigenvalue weighted by Crippen LogP contribution is 2.33. The molecule has 0 spiro atoms. The summed E-state index contributed by atoms with van der Waals surface area (Å²) in [6, 6.07) is 11.7. The zero-order chi connectivity index (χ0) is 17.2. The third kappa shape index (κ3) is 3.76. The molecule has 2 aromatic carbocycles. The number of amides is 1. The predicted octanol–water partition coefficient (Wildman–Crippen LogP) is 3.12. The first-order chi connectivity index (χ1) is 12.2. The summed E-state index contributed by atoms with van der Waals surface area (Å²) in [7, 11) is 0. The third-order valence-corrected chi connectivity index (χ3v) is 4.59. The van der Waals surface area contributed by atoms with Crippen LogP contribution in [0.1, 0.15) is 12.0 Å². The number of carbonyl (C=O) groups excluding carboxylic acids is 1. The highest BCUT2D eigenvalue weighted by Gasteiger charge is 2.28. The maximum absolute atomic E-state index is 13.3. The van der Waals surface area contributed by atoms with Crippen LogP contribution in [0.3, 0.4) is 0 Å². The molecule has 7 heteroatoms. The van der Waals surface area contributed by atoms with Crippen molar-refractivity contribution < 1.29 is 18.7 Å². The fraction of sp³-hybridized carbons (Fsp3) is 0.316. The second-order valence-electron chi connectivity index (χ2n) is 6.28. The molecule has 2 heterocycles. The Morgan fingerprint density at radius 3 is 2.65 bits per heavy atom. The molecule has 2 aromatic rings. The third-order valence-electron chi connectivity index (χ3n) is 4.59. The van der Waals surface area contributed by atoms with Gasteiger partial charge < -0.3 is 19.7 Å². The average Bonchev–Trinajstić information content (AvgIpc) is 3.31. The van der Waals surface area contributed by atoms with Gasteiger partial charge in [-0.3, -0.25) is 4.79 Å². The number of hydrogen-bond donors (Lipinski definition) is 1. The maximum atomic E-state index is 13.3. The van der Waals surface area contributed by atoms with Crippen molar-refractivity contribution in [3.8, 4) is 11.5 Å². The van der Waals surface area contributed by atoms with Gasteiger partial charge in [-0.1, -0.05) is 6.07 Å². The fourth-order valence-corrected chi connectivity index (χ4v) is 3.23. The first kappa shape index (κ1) is 18.5. The van der Waals surface area contributed by atoms with E-state index in [1.165, 1.54) is 12.1 Å². The van der Waals surface area contributed by atoms with Gasteiger partial charge in [0, 0.05) is 12.2 Å². The summed E-state index contributed by atoms with van der Waals surface area (Å²) in [6.07, 6.45) is 0.817. The molecule has 2 aliphatic rings. The summed E-state index contributed by atoms with van der Waals surface area (Å²) >= 11 is 0. The SMILES string of the molecule is Cl.O=C(C1CCNC1)N(Cc1ccc2c(c1)OCO2)c1ccc(F)cc1. The topological polar surface area (TPSA) is 50.8 Å². The molecule has 5 nitrogen and oxygen atoms in total. The van der Waals surface area contributed by atoms with Crippen LogP contribution in [0.2, 0.25) is 0 Å². The van der Waals surface area contributed by atoms with E-state index in [4.69, 9.17) is 9.47 Å². The lowest BCUT2D eigenvalue weighted by atomic mass is 10.1. The minimum atomic E-state index is -0.318. The van der Waals surface area contributed by atoms with Crippen molar-refractivity contribution >= 4 is 24.0 Å². The van der Waals surface area contributed by atoms with Crippen LogP contribution < -0.4 is 19.7 Å². The van der Waals surface area contributed by atoms with Gasteiger partial charge in [0.1, 0.15) is 5.82 Å². The van der Waals surface area contributed by atoms with Gasteiger partial charge >= 0.3 is 0 Å². The van der Waals surface area contributed by atoms with Gasteiger partial charge in [-0.15, -0.1) is 12.4 Å². The number of hydrogen-bond acceptors (Lipinski definition) is 4. The van der Waals surface area contributed by atoms with Crippen LogP contribution >= 0.6 is 12.4 Å². The molecule has 2 aliphatic heterocycles. The van der Waals surface area contributed by atoms with Gasteiger partial charge in [-0.05, 0) is 54.9 Å².